The molecule has 88 valence electrons. The van der Waals surface area contributed by atoms with Crippen LogP contribution >= 0.6 is 0 Å². The van der Waals surface area contributed by atoms with Gasteiger partial charge in [-0.1, -0.05) is 32.9 Å². The minimum atomic E-state index is 0.302. The number of hydrogen-bond acceptors (Lipinski definition) is 2. The van der Waals surface area contributed by atoms with Crippen LogP contribution in [0.1, 0.15) is 33.6 Å². The number of methoxy groups -OCH3 is 1. The van der Waals surface area contributed by atoms with E-state index in [1.54, 1.807) is 0 Å². The number of nitrogens with zero attached hydrogens (tertiary/aromatic N) is 1. The van der Waals surface area contributed by atoms with E-state index in [4.69, 9.17) is 4.74 Å². The van der Waals surface area contributed by atoms with Crippen LogP contribution in [-0.2, 0) is 4.74 Å². The Morgan fingerprint density at radius 2 is 2.13 bits per heavy atom. The van der Waals surface area contributed by atoms with Crippen molar-refractivity contribution >= 4 is 0 Å². The largest absolute Gasteiger partial charge is 0.380 e. The summed E-state index contributed by atoms with van der Waals surface area (Å²) in [5, 5.41) is 0. The molecule has 1 aliphatic rings. The molecular weight excluding hydrogens is 186 g/mol. The van der Waals surface area contributed by atoms with Crippen molar-refractivity contribution in [2.75, 3.05) is 26.7 Å². The van der Waals surface area contributed by atoms with Gasteiger partial charge in [-0.05, 0) is 24.8 Å². The molecule has 1 fully saturated rings. The van der Waals surface area contributed by atoms with E-state index in [0.29, 0.717) is 11.5 Å². The lowest BCUT2D eigenvalue weighted by Gasteiger charge is -2.31. The van der Waals surface area contributed by atoms with E-state index >= 15 is 0 Å². The van der Waals surface area contributed by atoms with Crippen LogP contribution in [0.25, 0.3) is 0 Å². The van der Waals surface area contributed by atoms with Gasteiger partial charge in [0.25, 0.3) is 0 Å². The van der Waals surface area contributed by atoms with Gasteiger partial charge in [0.15, 0.2) is 0 Å². The molecule has 0 saturated carbocycles. The third kappa shape index (κ3) is 5.33. The smallest absolute Gasteiger partial charge is 0.0698 e. The number of allylic oxidation sites excluding steroid dienone is 1. The van der Waals surface area contributed by atoms with Crippen LogP contribution in [0.5, 0.6) is 0 Å². The molecule has 0 aromatic rings. The molecule has 0 spiro atoms. The summed E-state index contributed by atoms with van der Waals surface area (Å²) < 4.78 is 5.40. The van der Waals surface area contributed by atoms with E-state index in [2.05, 4.69) is 37.8 Å². The Morgan fingerprint density at radius 1 is 1.40 bits per heavy atom. The summed E-state index contributed by atoms with van der Waals surface area (Å²) in [7, 11) is 1.82. The summed E-state index contributed by atoms with van der Waals surface area (Å²) in [4.78, 5) is 2.47. The summed E-state index contributed by atoms with van der Waals surface area (Å²) in [6.45, 7) is 10.1. The molecule has 0 bridgehead atoms. The molecule has 2 heteroatoms. The maximum absolute atomic E-state index is 5.40. The quantitative estimate of drug-likeness (QED) is 0.666. The Bertz CT molecular complexity index is 205. The first kappa shape index (κ1) is 12.7. The molecule has 15 heavy (non-hydrogen) atoms. The molecule has 0 aromatic carbocycles. The predicted molar refractivity (Wildman–Crippen MR) is 65.1 cm³/mol. The fourth-order valence-electron chi connectivity index (χ4n) is 1.93. The van der Waals surface area contributed by atoms with Gasteiger partial charge in [-0.25, -0.2) is 0 Å². The van der Waals surface area contributed by atoms with Gasteiger partial charge in [0.1, 0.15) is 0 Å². The van der Waals surface area contributed by atoms with Crippen molar-refractivity contribution < 1.29 is 4.74 Å². The Balaban J connectivity index is 2.29. The van der Waals surface area contributed by atoms with Crippen molar-refractivity contribution in [2.45, 2.75) is 39.7 Å². The van der Waals surface area contributed by atoms with Crippen LogP contribution in [0.2, 0.25) is 0 Å². The predicted octanol–water partition coefficient (Wildman–Crippen LogP) is 2.70. The lowest BCUT2D eigenvalue weighted by molar-refractivity contribution is 0.0356. The van der Waals surface area contributed by atoms with Crippen molar-refractivity contribution in [3.8, 4) is 0 Å². The molecule has 1 rings (SSSR count). The first-order valence-electron chi connectivity index (χ1n) is 5.94. The van der Waals surface area contributed by atoms with E-state index in [1.807, 2.05) is 7.11 Å². The average Bonchev–Trinajstić information content (AvgIpc) is 2.16. The van der Waals surface area contributed by atoms with Crippen molar-refractivity contribution in [2.24, 2.45) is 5.41 Å². The van der Waals surface area contributed by atoms with Crippen LogP contribution in [0.15, 0.2) is 12.2 Å². The van der Waals surface area contributed by atoms with E-state index in [1.165, 1.54) is 19.4 Å². The summed E-state index contributed by atoms with van der Waals surface area (Å²) in [5.74, 6) is 0. The second kappa shape index (κ2) is 5.66. The highest BCUT2D eigenvalue weighted by atomic mass is 16.5. The second-order valence-electron chi connectivity index (χ2n) is 5.53. The standard InChI is InChI=1S/C13H25NO/c1-13(2,3)8-6-10-14-9-5-7-12(11-14)15-4/h6,8,12H,5,7,9-11H2,1-4H3/b8-6+. The topological polar surface area (TPSA) is 12.5 Å². The first-order valence-corrected chi connectivity index (χ1v) is 5.94. The second-order valence-corrected chi connectivity index (χ2v) is 5.53. The normalized spacial score (nSPS) is 24.9. The van der Waals surface area contributed by atoms with Gasteiger partial charge in [0.2, 0.25) is 0 Å². The number of ether oxygens (including phenoxy) is 1. The zero-order chi connectivity index (χ0) is 11.3. The summed E-state index contributed by atoms with van der Waals surface area (Å²) in [5.41, 5.74) is 0.302. The number of rotatable bonds is 3. The van der Waals surface area contributed by atoms with Crippen molar-refractivity contribution in [1.82, 2.24) is 4.90 Å². The molecule has 0 aliphatic carbocycles. The van der Waals surface area contributed by atoms with E-state index in [0.717, 1.165) is 13.1 Å². The molecule has 1 atom stereocenters. The molecule has 0 aromatic heterocycles. The third-order valence-electron chi connectivity index (χ3n) is 2.78. The van der Waals surface area contributed by atoms with Crippen LogP contribution in [0.3, 0.4) is 0 Å². The zero-order valence-corrected chi connectivity index (χ0v) is 10.6. The summed E-state index contributed by atoms with van der Waals surface area (Å²) >= 11 is 0. The number of piperidine rings is 1. The Kier molecular flexibility index (Phi) is 4.81. The Labute approximate surface area is 94.3 Å². The molecule has 1 unspecified atom stereocenters. The van der Waals surface area contributed by atoms with Gasteiger partial charge in [-0.15, -0.1) is 0 Å². The van der Waals surface area contributed by atoms with E-state index in [-0.39, 0.29) is 0 Å². The fourth-order valence-corrected chi connectivity index (χ4v) is 1.93. The van der Waals surface area contributed by atoms with Crippen LogP contribution in [0, 0.1) is 5.41 Å². The van der Waals surface area contributed by atoms with Crippen LogP contribution < -0.4 is 0 Å². The van der Waals surface area contributed by atoms with Gasteiger partial charge in [-0.3, -0.25) is 4.90 Å². The van der Waals surface area contributed by atoms with Crippen LogP contribution in [-0.4, -0.2) is 37.7 Å². The first-order chi connectivity index (χ1) is 7.01. The molecular formula is C13H25NO. The maximum atomic E-state index is 5.40. The average molecular weight is 211 g/mol. The zero-order valence-electron chi connectivity index (χ0n) is 10.6. The Morgan fingerprint density at radius 3 is 2.73 bits per heavy atom. The molecule has 0 N–H and O–H groups in total. The SMILES string of the molecule is COC1CCCN(C/C=C/C(C)(C)C)C1. The van der Waals surface area contributed by atoms with Crippen molar-refractivity contribution in [3.63, 3.8) is 0 Å². The van der Waals surface area contributed by atoms with Gasteiger partial charge >= 0.3 is 0 Å². The number of likely N-dealkylation sites (tertiary alicyclic amines) is 1. The lowest BCUT2D eigenvalue weighted by Crippen LogP contribution is -2.39. The van der Waals surface area contributed by atoms with Gasteiger partial charge in [0, 0.05) is 20.2 Å². The lowest BCUT2D eigenvalue weighted by atomic mass is 9.96. The summed E-state index contributed by atoms with van der Waals surface area (Å²) in [6.07, 6.45) is 7.51. The highest BCUT2D eigenvalue weighted by molar-refractivity contribution is 4.94. The molecule has 2 nitrogen and oxygen atoms in total. The highest BCUT2D eigenvalue weighted by Gasteiger charge is 2.18. The molecule has 1 aliphatic heterocycles. The third-order valence-corrected chi connectivity index (χ3v) is 2.78. The van der Waals surface area contributed by atoms with Gasteiger partial charge < -0.3 is 4.74 Å². The summed E-state index contributed by atoms with van der Waals surface area (Å²) in [6, 6.07) is 0. The molecule has 0 amide bonds. The van der Waals surface area contributed by atoms with Gasteiger partial charge in [0.05, 0.1) is 6.10 Å². The minimum absolute atomic E-state index is 0.302. The van der Waals surface area contributed by atoms with E-state index in [9.17, 15) is 0 Å². The molecule has 1 heterocycles. The van der Waals surface area contributed by atoms with Gasteiger partial charge in [-0.2, -0.15) is 0 Å². The maximum Gasteiger partial charge on any atom is 0.0698 e. The minimum Gasteiger partial charge on any atom is -0.380 e. The van der Waals surface area contributed by atoms with Crippen LogP contribution in [0.4, 0.5) is 0 Å². The number of hydrogen-bond donors (Lipinski definition) is 0. The highest BCUT2D eigenvalue weighted by Crippen LogP contribution is 2.16. The van der Waals surface area contributed by atoms with Crippen molar-refractivity contribution in [1.29, 1.82) is 0 Å². The van der Waals surface area contributed by atoms with Crippen molar-refractivity contribution in [3.05, 3.63) is 12.2 Å². The molecule has 1 saturated heterocycles. The van der Waals surface area contributed by atoms with E-state index < -0.39 is 0 Å². The Hall–Kier alpha value is -0.340. The fraction of sp³-hybridized carbons (Fsp3) is 0.846. The monoisotopic (exact) mass is 211 g/mol. The molecule has 0 radical (unpaired) electrons.